The topological polar surface area (TPSA) is 118 Å². The Morgan fingerprint density at radius 2 is 1.77 bits per heavy atom. The maximum atomic E-state index is 12.6. The highest BCUT2D eigenvalue weighted by Crippen LogP contribution is 2.44. The minimum Gasteiger partial charge on any atom is -0.477 e. The van der Waals surface area contributed by atoms with Gasteiger partial charge in [0.15, 0.2) is 0 Å². The molecule has 2 aromatic carbocycles. The second-order valence-electron chi connectivity index (χ2n) is 7.98. The lowest BCUT2D eigenvalue weighted by molar-refractivity contribution is -0.123. The van der Waals surface area contributed by atoms with Crippen LogP contribution in [-0.4, -0.2) is 40.7 Å². The van der Waals surface area contributed by atoms with Gasteiger partial charge in [0.25, 0.3) is 0 Å². The average Bonchev–Trinajstić information content (AvgIpc) is 3.38. The van der Waals surface area contributed by atoms with E-state index in [0.717, 1.165) is 33.6 Å². The van der Waals surface area contributed by atoms with Crippen LogP contribution in [0.1, 0.15) is 43.8 Å². The van der Waals surface area contributed by atoms with E-state index < -0.39 is 24.0 Å². The van der Waals surface area contributed by atoms with Crippen molar-refractivity contribution in [2.24, 2.45) is 0 Å². The SMILES string of the molecule is C#CCC(NC(=O)OCC1c2ccccc2-c2ccccc21)C(=O)NCc1nc(C)c(C(=O)O)s1. The molecule has 3 N–H and O–H groups in total. The van der Waals surface area contributed by atoms with Crippen molar-refractivity contribution in [2.75, 3.05) is 6.61 Å². The number of thiazole rings is 1. The normalized spacial score (nSPS) is 12.7. The molecule has 1 heterocycles. The molecule has 0 bridgehead atoms. The van der Waals surface area contributed by atoms with Crippen LogP contribution in [0.3, 0.4) is 0 Å². The molecule has 1 aliphatic carbocycles. The second kappa shape index (κ2) is 10.4. The van der Waals surface area contributed by atoms with Crippen molar-refractivity contribution >= 4 is 29.3 Å². The predicted octanol–water partition coefficient (Wildman–Crippen LogP) is 3.70. The van der Waals surface area contributed by atoms with E-state index in [-0.39, 0.29) is 30.4 Å². The highest BCUT2D eigenvalue weighted by molar-refractivity contribution is 7.13. The first-order valence-corrected chi connectivity index (χ1v) is 11.7. The minimum atomic E-state index is -1.07. The number of nitrogens with zero attached hydrogens (tertiary/aromatic N) is 1. The van der Waals surface area contributed by atoms with Crippen LogP contribution >= 0.6 is 11.3 Å². The number of carboxylic acids is 1. The summed E-state index contributed by atoms with van der Waals surface area (Å²) in [6.07, 6.45) is 4.60. The number of fused-ring (bicyclic) bond motifs is 3. The van der Waals surface area contributed by atoms with E-state index >= 15 is 0 Å². The van der Waals surface area contributed by atoms with Gasteiger partial charge in [-0.15, -0.1) is 23.7 Å². The molecule has 0 spiro atoms. The van der Waals surface area contributed by atoms with E-state index in [1.54, 1.807) is 6.92 Å². The number of aromatic nitrogens is 1. The fourth-order valence-corrected chi connectivity index (χ4v) is 4.96. The number of carbonyl (C=O) groups is 3. The van der Waals surface area contributed by atoms with Crippen LogP contribution in [0, 0.1) is 19.3 Å². The van der Waals surface area contributed by atoms with Crippen molar-refractivity contribution in [3.63, 3.8) is 0 Å². The van der Waals surface area contributed by atoms with Gasteiger partial charge in [0, 0.05) is 12.3 Å². The molecule has 0 saturated carbocycles. The highest BCUT2D eigenvalue weighted by Gasteiger charge is 2.29. The third-order valence-electron chi connectivity index (χ3n) is 5.72. The lowest BCUT2D eigenvalue weighted by Gasteiger charge is -2.18. The third kappa shape index (κ3) is 5.18. The van der Waals surface area contributed by atoms with E-state index in [4.69, 9.17) is 16.3 Å². The molecular weight excluding hydrogens is 466 g/mol. The van der Waals surface area contributed by atoms with Gasteiger partial charge in [0.2, 0.25) is 5.91 Å². The number of hydrogen-bond donors (Lipinski definition) is 3. The van der Waals surface area contributed by atoms with Crippen molar-refractivity contribution < 1.29 is 24.2 Å². The standard InChI is InChI=1S/C26H23N3O5S/c1-3-8-21(24(30)27-13-22-28-15(2)23(35-22)25(31)32)29-26(33)34-14-20-18-11-6-4-9-16(18)17-10-5-7-12-19(17)20/h1,4-7,9-12,20-21H,8,13-14H2,2H3,(H,27,30)(H,29,33)(H,31,32). The van der Waals surface area contributed by atoms with Crippen LogP contribution in [0.25, 0.3) is 11.1 Å². The number of aryl methyl sites for hydroxylation is 1. The number of terminal acetylenes is 1. The van der Waals surface area contributed by atoms with E-state index in [0.29, 0.717) is 10.7 Å². The average molecular weight is 490 g/mol. The quantitative estimate of drug-likeness (QED) is 0.416. The Hall–Kier alpha value is -4.16. The summed E-state index contributed by atoms with van der Waals surface area (Å²) in [5.74, 6) is 0.692. The first-order valence-electron chi connectivity index (χ1n) is 10.9. The zero-order valence-corrected chi connectivity index (χ0v) is 19.7. The summed E-state index contributed by atoms with van der Waals surface area (Å²) in [5.41, 5.74) is 4.77. The van der Waals surface area contributed by atoms with Crippen molar-refractivity contribution in [3.8, 4) is 23.5 Å². The second-order valence-corrected chi connectivity index (χ2v) is 9.06. The first kappa shape index (κ1) is 24.0. The first-order chi connectivity index (χ1) is 16.9. The van der Waals surface area contributed by atoms with Gasteiger partial charge in [-0.1, -0.05) is 48.5 Å². The van der Waals surface area contributed by atoms with Gasteiger partial charge < -0.3 is 20.5 Å². The molecule has 1 aliphatic rings. The number of carboxylic acid groups (broad SMARTS) is 1. The number of hydrogen-bond acceptors (Lipinski definition) is 6. The van der Waals surface area contributed by atoms with E-state index in [1.165, 1.54) is 0 Å². The molecule has 178 valence electrons. The molecule has 1 aromatic heterocycles. The van der Waals surface area contributed by atoms with Crippen LogP contribution in [0.5, 0.6) is 0 Å². The molecule has 0 radical (unpaired) electrons. The molecule has 1 atom stereocenters. The summed E-state index contributed by atoms with van der Waals surface area (Å²) in [5, 5.41) is 14.8. The van der Waals surface area contributed by atoms with E-state index in [1.807, 2.05) is 48.5 Å². The molecule has 3 aromatic rings. The zero-order chi connectivity index (χ0) is 24.9. The summed E-state index contributed by atoms with van der Waals surface area (Å²) >= 11 is 0.982. The van der Waals surface area contributed by atoms with E-state index in [9.17, 15) is 14.4 Å². The Morgan fingerprint density at radius 1 is 1.14 bits per heavy atom. The molecule has 0 saturated heterocycles. The van der Waals surface area contributed by atoms with Gasteiger partial charge in [-0.2, -0.15) is 0 Å². The molecule has 35 heavy (non-hydrogen) atoms. The van der Waals surface area contributed by atoms with Crippen molar-refractivity contribution in [2.45, 2.75) is 31.8 Å². The minimum absolute atomic E-state index is 0.0189. The van der Waals surface area contributed by atoms with Crippen molar-refractivity contribution in [1.82, 2.24) is 15.6 Å². The van der Waals surface area contributed by atoms with Crippen LogP contribution in [0.2, 0.25) is 0 Å². The molecule has 1 unspecified atom stereocenters. The van der Waals surface area contributed by atoms with Gasteiger partial charge in [-0.25, -0.2) is 14.6 Å². The largest absolute Gasteiger partial charge is 0.477 e. The Labute approximate surface area is 206 Å². The maximum Gasteiger partial charge on any atom is 0.407 e. The van der Waals surface area contributed by atoms with Crippen molar-refractivity contribution in [3.05, 3.63) is 75.2 Å². The molecule has 8 nitrogen and oxygen atoms in total. The third-order valence-corrected chi connectivity index (χ3v) is 6.87. The van der Waals surface area contributed by atoms with Crippen LogP contribution in [0.4, 0.5) is 4.79 Å². The number of amides is 2. The lowest BCUT2D eigenvalue weighted by atomic mass is 9.98. The fraction of sp³-hybridized carbons (Fsp3) is 0.231. The molecule has 0 fully saturated rings. The Balaban J connectivity index is 1.36. The number of rotatable bonds is 8. The summed E-state index contributed by atoms with van der Waals surface area (Å²) in [6, 6.07) is 15.0. The predicted molar refractivity (Wildman–Crippen MR) is 131 cm³/mol. The van der Waals surface area contributed by atoms with Gasteiger partial charge in [0.05, 0.1) is 12.2 Å². The van der Waals surface area contributed by atoms with Gasteiger partial charge in [-0.05, 0) is 29.2 Å². The summed E-state index contributed by atoms with van der Waals surface area (Å²) < 4.78 is 5.50. The monoisotopic (exact) mass is 489 g/mol. The molecule has 9 heteroatoms. The maximum absolute atomic E-state index is 12.6. The lowest BCUT2D eigenvalue weighted by Crippen LogP contribution is -2.46. The number of nitrogens with one attached hydrogen (secondary N) is 2. The van der Waals surface area contributed by atoms with Crippen molar-refractivity contribution in [1.29, 1.82) is 0 Å². The molecular formula is C26H23N3O5S. The summed E-state index contributed by atoms with van der Waals surface area (Å²) in [6.45, 7) is 1.72. The number of carbonyl (C=O) groups excluding carboxylic acids is 2. The fourth-order valence-electron chi connectivity index (χ4n) is 4.12. The Bertz CT molecular complexity index is 1280. The van der Waals surface area contributed by atoms with Crippen LogP contribution in [-0.2, 0) is 16.1 Å². The number of aromatic carboxylic acids is 1. The smallest absolute Gasteiger partial charge is 0.407 e. The Kier molecular flexibility index (Phi) is 7.13. The highest BCUT2D eigenvalue weighted by atomic mass is 32.1. The van der Waals surface area contributed by atoms with E-state index in [2.05, 4.69) is 21.5 Å². The molecule has 2 amide bonds. The summed E-state index contributed by atoms with van der Waals surface area (Å²) in [4.78, 5) is 40.6. The summed E-state index contributed by atoms with van der Waals surface area (Å²) in [7, 11) is 0. The molecule has 0 aliphatic heterocycles. The van der Waals surface area contributed by atoms with Gasteiger partial charge in [0.1, 0.15) is 22.5 Å². The zero-order valence-electron chi connectivity index (χ0n) is 18.9. The molecule has 4 rings (SSSR count). The Morgan fingerprint density at radius 3 is 2.34 bits per heavy atom. The van der Waals surface area contributed by atoms with Crippen LogP contribution in [0.15, 0.2) is 48.5 Å². The number of ether oxygens (including phenoxy) is 1. The number of alkyl carbamates (subject to hydrolysis) is 1. The van der Waals surface area contributed by atoms with Crippen LogP contribution < -0.4 is 10.6 Å². The van der Waals surface area contributed by atoms with Gasteiger partial charge in [-0.3, -0.25) is 4.79 Å². The van der Waals surface area contributed by atoms with Gasteiger partial charge >= 0.3 is 12.1 Å². The number of benzene rings is 2.